The van der Waals surface area contributed by atoms with Crippen LogP contribution in [0.2, 0.25) is 0 Å². The van der Waals surface area contributed by atoms with E-state index >= 15 is 0 Å². The lowest BCUT2D eigenvalue weighted by Crippen LogP contribution is -2.30. The molecular formula is C14H17FN2O2S. The van der Waals surface area contributed by atoms with E-state index in [0.29, 0.717) is 11.4 Å². The van der Waals surface area contributed by atoms with Crippen LogP contribution < -0.4 is 10.2 Å². The summed E-state index contributed by atoms with van der Waals surface area (Å²) in [6.45, 7) is 2.02. The van der Waals surface area contributed by atoms with Gasteiger partial charge in [0.1, 0.15) is 5.82 Å². The zero-order valence-electron chi connectivity index (χ0n) is 11.7. The minimum absolute atomic E-state index is 0.112. The number of hydrogen-bond acceptors (Lipinski definition) is 4. The van der Waals surface area contributed by atoms with Gasteiger partial charge in [-0.3, -0.25) is 9.59 Å². The first-order chi connectivity index (χ1) is 9.45. The molecule has 0 spiro atoms. The van der Waals surface area contributed by atoms with Crippen LogP contribution in [0, 0.1) is 5.82 Å². The van der Waals surface area contributed by atoms with E-state index in [2.05, 4.69) is 5.32 Å². The molecule has 2 rings (SSSR count). The van der Waals surface area contributed by atoms with Crippen LogP contribution in [0.1, 0.15) is 23.7 Å². The summed E-state index contributed by atoms with van der Waals surface area (Å²) in [5.41, 5.74) is 0.897. The molecule has 1 heterocycles. The molecule has 1 aliphatic rings. The Kier molecular flexibility index (Phi) is 4.32. The SMILES string of the molecule is CSCCC(C)N(C)c1cc2c(cc1F)C(=O)C(=O)N2. The van der Waals surface area contributed by atoms with Gasteiger partial charge in [-0.15, -0.1) is 0 Å². The number of anilines is 2. The van der Waals surface area contributed by atoms with Gasteiger partial charge in [0.15, 0.2) is 0 Å². The summed E-state index contributed by atoms with van der Waals surface area (Å²) < 4.78 is 14.1. The molecule has 0 aromatic heterocycles. The Labute approximate surface area is 121 Å². The summed E-state index contributed by atoms with van der Waals surface area (Å²) in [7, 11) is 1.81. The number of hydrogen-bond donors (Lipinski definition) is 1. The number of ketones is 1. The molecule has 1 aromatic carbocycles. The van der Waals surface area contributed by atoms with Crippen LogP contribution in [0.15, 0.2) is 12.1 Å². The molecule has 1 amide bonds. The van der Waals surface area contributed by atoms with Crippen LogP contribution in [0.5, 0.6) is 0 Å². The van der Waals surface area contributed by atoms with E-state index in [4.69, 9.17) is 0 Å². The second-order valence-corrected chi connectivity index (χ2v) is 5.86. The van der Waals surface area contributed by atoms with Gasteiger partial charge in [0.2, 0.25) is 0 Å². The number of Topliss-reactive ketones (excluding diaryl/α,β-unsaturated/α-hetero) is 1. The van der Waals surface area contributed by atoms with Gasteiger partial charge in [-0.25, -0.2) is 4.39 Å². The maximum atomic E-state index is 14.1. The number of amides is 1. The van der Waals surface area contributed by atoms with Crippen LogP contribution in [0.4, 0.5) is 15.8 Å². The van der Waals surface area contributed by atoms with E-state index in [-0.39, 0.29) is 11.6 Å². The Balaban J connectivity index is 2.28. The number of rotatable bonds is 5. The first kappa shape index (κ1) is 14.8. The minimum Gasteiger partial charge on any atom is -0.369 e. The summed E-state index contributed by atoms with van der Waals surface area (Å²) in [5, 5.41) is 2.47. The number of nitrogens with one attached hydrogen (secondary N) is 1. The topological polar surface area (TPSA) is 49.4 Å². The highest BCUT2D eigenvalue weighted by molar-refractivity contribution is 7.98. The molecule has 108 valence electrons. The van der Waals surface area contributed by atoms with Crippen LogP contribution >= 0.6 is 11.8 Å². The molecule has 4 nitrogen and oxygen atoms in total. The predicted octanol–water partition coefficient (Wildman–Crippen LogP) is 2.54. The fourth-order valence-corrected chi connectivity index (χ4v) is 2.72. The van der Waals surface area contributed by atoms with Crippen molar-refractivity contribution in [1.82, 2.24) is 0 Å². The molecule has 6 heteroatoms. The van der Waals surface area contributed by atoms with Gasteiger partial charge >= 0.3 is 0 Å². The standard InChI is InChI=1S/C14H17FN2O2S/c1-8(4-5-20-3)17(2)12-7-11-9(6-10(12)15)13(18)14(19)16-11/h6-8H,4-5H2,1-3H3,(H,16,18,19). The molecule has 1 atom stereocenters. The highest BCUT2D eigenvalue weighted by Crippen LogP contribution is 2.31. The molecule has 0 saturated carbocycles. The smallest absolute Gasteiger partial charge is 0.296 e. The quantitative estimate of drug-likeness (QED) is 0.848. The second kappa shape index (κ2) is 5.83. The van der Waals surface area contributed by atoms with Crippen molar-refractivity contribution in [3.63, 3.8) is 0 Å². The van der Waals surface area contributed by atoms with Gasteiger partial charge in [-0.1, -0.05) is 0 Å². The third-order valence-electron chi connectivity index (χ3n) is 3.57. The van der Waals surface area contributed by atoms with Crippen molar-refractivity contribution >= 4 is 34.8 Å². The average Bonchev–Trinajstić information content (AvgIpc) is 2.70. The Bertz CT molecular complexity index is 562. The largest absolute Gasteiger partial charge is 0.369 e. The molecule has 1 unspecified atom stereocenters. The monoisotopic (exact) mass is 296 g/mol. The van der Waals surface area contributed by atoms with Gasteiger partial charge in [-0.05, 0) is 37.5 Å². The van der Waals surface area contributed by atoms with Crippen molar-refractivity contribution in [2.24, 2.45) is 0 Å². The van der Waals surface area contributed by atoms with Gasteiger partial charge in [0.05, 0.1) is 16.9 Å². The van der Waals surface area contributed by atoms with Crippen LogP contribution in [-0.4, -0.2) is 36.8 Å². The third kappa shape index (κ3) is 2.65. The number of halogens is 1. The Hall–Kier alpha value is -1.56. The van der Waals surface area contributed by atoms with E-state index in [1.807, 2.05) is 25.1 Å². The highest BCUT2D eigenvalue weighted by atomic mass is 32.2. The summed E-state index contributed by atoms with van der Waals surface area (Å²) in [4.78, 5) is 24.6. The number of fused-ring (bicyclic) bond motifs is 1. The number of benzene rings is 1. The zero-order valence-corrected chi connectivity index (χ0v) is 12.5. The molecule has 0 bridgehead atoms. The van der Waals surface area contributed by atoms with E-state index in [0.717, 1.165) is 18.2 Å². The fraction of sp³-hybridized carbons (Fsp3) is 0.429. The number of carbonyl (C=O) groups is 2. The van der Waals surface area contributed by atoms with Crippen molar-refractivity contribution in [2.45, 2.75) is 19.4 Å². The van der Waals surface area contributed by atoms with E-state index in [9.17, 15) is 14.0 Å². The Morgan fingerprint density at radius 2 is 2.10 bits per heavy atom. The molecule has 1 N–H and O–H groups in total. The average molecular weight is 296 g/mol. The number of nitrogens with zero attached hydrogens (tertiary/aromatic N) is 1. The first-order valence-corrected chi connectivity index (χ1v) is 7.76. The number of carbonyl (C=O) groups excluding carboxylic acids is 2. The molecule has 0 fully saturated rings. The van der Waals surface area contributed by atoms with Crippen molar-refractivity contribution in [3.8, 4) is 0 Å². The second-order valence-electron chi connectivity index (χ2n) is 4.87. The van der Waals surface area contributed by atoms with Crippen LogP contribution in [0.25, 0.3) is 0 Å². The van der Waals surface area contributed by atoms with Gasteiger partial charge in [-0.2, -0.15) is 11.8 Å². The fourth-order valence-electron chi connectivity index (χ4n) is 2.14. The number of thioether (sulfide) groups is 1. The van der Waals surface area contributed by atoms with Gasteiger partial charge in [0, 0.05) is 13.1 Å². The van der Waals surface area contributed by atoms with E-state index < -0.39 is 17.5 Å². The normalized spacial score (nSPS) is 15.0. The zero-order chi connectivity index (χ0) is 14.9. The minimum atomic E-state index is -0.699. The molecule has 0 radical (unpaired) electrons. The lowest BCUT2D eigenvalue weighted by molar-refractivity contribution is -0.112. The molecule has 1 aromatic rings. The summed E-state index contributed by atoms with van der Waals surface area (Å²) in [6.07, 6.45) is 2.96. The Morgan fingerprint density at radius 3 is 2.75 bits per heavy atom. The summed E-state index contributed by atoms with van der Waals surface area (Å²) in [6, 6.07) is 2.84. The summed E-state index contributed by atoms with van der Waals surface area (Å²) >= 11 is 1.75. The molecule has 0 saturated heterocycles. The van der Waals surface area contributed by atoms with E-state index in [1.54, 1.807) is 11.8 Å². The third-order valence-corrected chi connectivity index (χ3v) is 4.21. The van der Waals surface area contributed by atoms with Gasteiger partial charge < -0.3 is 10.2 Å². The van der Waals surface area contributed by atoms with Crippen molar-refractivity contribution < 1.29 is 14.0 Å². The lowest BCUT2D eigenvalue weighted by atomic mass is 10.1. The summed E-state index contributed by atoms with van der Waals surface area (Å²) in [5.74, 6) is -0.863. The molecular weight excluding hydrogens is 279 g/mol. The van der Waals surface area contributed by atoms with E-state index in [1.165, 1.54) is 6.07 Å². The maximum Gasteiger partial charge on any atom is 0.296 e. The predicted molar refractivity (Wildman–Crippen MR) is 80.2 cm³/mol. The highest BCUT2D eigenvalue weighted by Gasteiger charge is 2.30. The molecule has 0 aliphatic carbocycles. The molecule has 1 aliphatic heterocycles. The van der Waals surface area contributed by atoms with Crippen molar-refractivity contribution in [1.29, 1.82) is 0 Å². The Morgan fingerprint density at radius 1 is 1.40 bits per heavy atom. The first-order valence-electron chi connectivity index (χ1n) is 6.36. The van der Waals surface area contributed by atoms with Crippen molar-refractivity contribution in [3.05, 3.63) is 23.5 Å². The maximum absolute atomic E-state index is 14.1. The van der Waals surface area contributed by atoms with Crippen LogP contribution in [-0.2, 0) is 4.79 Å². The molecule has 20 heavy (non-hydrogen) atoms. The van der Waals surface area contributed by atoms with Gasteiger partial charge in [0.25, 0.3) is 11.7 Å². The van der Waals surface area contributed by atoms with Crippen LogP contribution in [0.3, 0.4) is 0 Å². The van der Waals surface area contributed by atoms with Crippen molar-refractivity contribution in [2.75, 3.05) is 29.3 Å². The lowest BCUT2D eigenvalue weighted by Gasteiger charge is -2.27.